The van der Waals surface area contributed by atoms with Gasteiger partial charge in [0.1, 0.15) is 0 Å². The number of nitrogens with zero attached hydrogens (tertiary/aromatic N) is 1. The van der Waals surface area contributed by atoms with E-state index in [0.717, 1.165) is 16.5 Å². The van der Waals surface area contributed by atoms with Crippen molar-refractivity contribution in [3.63, 3.8) is 0 Å². The van der Waals surface area contributed by atoms with Crippen molar-refractivity contribution in [3.05, 3.63) is 133 Å². The zero-order valence-corrected chi connectivity index (χ0v) is 20.5. The molecule has 5 aromatic rings. The van der Waals surface area contributed by atoms with Gasteiger partial charge < -0.3 is 0 Å². The summed E-state index contributed by atoms with van der Waals surface area (Å²) in [6.07, 6.45) is 1.85. The second-order valence-electron chi connectivity index (χ2n) is 7.36. The molecule has 0 aliphatic rings. The average Bonchev–Trinajstić information content (AvgIpc) is 2.88. The molecule has 0 aliphatic heterocycles. The molecule has 0 N–H and O–H groups in total. The summed E-state index contributed by atoms with van der Waals surface area (Å²) >= 11 is -0.346. The van der Waals surface area contributed by atoms with Gasteiger partial charge in [0, 0.05) is 0 Å². The molecule has 5 rings (SSSR count). The van der Waals surface area contributed by atoms with Gasteiger partial charge in [0.15, 0.2) is 0 Å². The average molecular weight is 612 g/mol. The summed E-state index contributed by atoms with van der Waals surface area (Å²) in [6.45, 7) is 0. The van der Waals surface area contributed by atoms with Crippen LogP contribution in [0.15, 0.2) is 128 Å². The first-order valence-corrected chi connectivity index (χ1v) is 16.6. The van der Waals surface area contributed by atoms with E-state index >= 15 is 0 Å². The van der Waals surface area contributed by atoms with Gasteiger partial charge >= 0.3 is 199 Å². The fourth-order valence-corrected chi connectivity index (χ4v) is 15.2. The van der Waals surface area contributed by atoms with E-state index in [4.69, 9.17) is 0 Å². The van der Waals surface area contributed by atoms with Gasteiger partial charge in [-0.25, -0.2) is 0 Å². The molecule has 3 heteroatoms. The topological polar surface area (TPSA) is 12.9 Å². The normalized spacial score (nSPS) is 11.6. The summed E-state index contributed by atoms with van der Waals surface area (Å²) < 4.78 is 3.70. The van der Waals surface area contributed by atoms with E-state index < -0.39 is 5.15 Å². The van der Waals surface area contributed by atoms with Gasteiger partial charge in [0.05, 0.1) is 0 Å². The number of hydrogen-bond donors (Lipinski definition) is 0. The van der Waals surface area contributed by atoms with E-state index in [1.54, 1.807) is 0 Å². The number of hydrogen-bond acceptors (Lipinski definition) is 1. The summed E-state index contributed by atoms with van der Waals surface area (Å²) in [6, 6.07) is 43.4. The molecule has 0 saturated heterocycles. The molecule has 1 heterocycles. The van der Waals surface area contributed by atoms with Crippen LogP contribution in [0, 0.1) is 10.1 Å². The van der Waals surface area contributed by atoms with Gasteiger partial charge in [-0.3, -0.25) is 0 Å². The fourth-order valence-electron chi connectivity index (χ4n) is 3.92. The van der Waals surface area contributed by atoms with Crippen molar-refractivity contribution < 1.29 is 19.2 Å². The van der Waals surface area contributed by atoms with Crippen LogP contribution in [-0.2, 0) is 19.2 Å². The summed E-state index contributed by atoms with van der Waals surface area (Å²) in [4.78, 5) is 4.59. The van der Waals surface area contributed by atoms with E-state index in [1.807, 2.05) is 12.3 Å². The number of rotatable bonds is 4. The van der Waals surface area contributed by atoms with Crippen molar-refractivity contribution in [1.29, 1.82) is 0 Å². The molecule has 0 atom stereocenters. The predicted molar refractivity (Wildman–Crippen MR) is 135 cm³/mol. The van der Waals surface area contributed by atoms with Crippen LogP contribution in [0.3, 0.4) is 0 Å². The van der Waals surface area contributed by atoms with Crippen molar-refractivity contribution in [1.82, 2.24) is 4.98 Å². The van der Waals surface area contributed by atoms with Crippen LogP contribution in [0.2, 0.25) is 0 Å². The summed E-state index contributed by atoms with van der Waals surface area (Å²) in [5.74, 6) is 3.52. The standard InChI is InChI=1S/C18H15P.C11H6N.Au/c1-4-10-16(11-5-1)19(17-12-6-2-7-13-17)18-14-8-3-9-15-18;1-2-9-5-3-6-10-7-4-8-12-11(9)10;/h1-15H;3-8H;/q;;-1/p+1. The van der Waals surface area contributed by atoms with Crippen molar-refractivity contribution in [2.75, 3.05) is 0 Å². The Labute approximate surface area is 198 Å². The molecule has 0 bridgehead atoms. The van der Waals surface area contributed by atoms with Crippen LogP contribution in [0.5, 0.6) is 0 Å². The first-order valence-electron chi connectivity index (χ1n) is 10.5. The summed E-state index contributed by atoms with van der Waals surface area (Å²) in [5.41, 5.74) is 1.99. The first-order chi connectivity index (χ1) is 15.9. The van der Waals surface area contributed by atoms with Crippen molar-refractivity contribution in [2.24, 2.45) is 0 Å². The minimum absolute atomic E-state index is 0.346. The summed E-state index contributed by atoms with van der Waals surface area (Å²) in [7, 11) is 0. The molecule has 0 spiro atoms. The van der Waals surface area contributed by atoms with Gasteiger partial charge in [0.2, 0.25) is 0 Å². The molecule has 159 valence electrons. The molecular weight excluding hydrogens is 590 g/mol. The summed E-state index contributed by atoms with van der Waals surface area (Å²) in [5, 5.41) is 3.15. The number of benzene rings is 4. The molecule has 4 aromatic carbocycles. The van der Waals surface area contributed by atoms with E-state index in [0.29, 0.717) is 0 Å². The number of fused-ring (bicyclic) bond motifs is 1. The Morgan fingerprint density at radius 3 is 1.66 bits per heavy atom. The fraction of sp³-hybridized carbons (Fsp3) is 0. The Balaban J connectivity index is 1.68. The van der Waals surface area contributed by atoms with Gasteiger partial charge in [-0.15, -0.1) is 0 Å². The molecule has 0 aliphatic carbocycles. The molecule has 1 aromatic heterocycles. The van der Waals surface area contributed by atoms with Gasteiger partial charge in [0.25, 0.3) is 0 Å². The van der Waals surface area contributed by atoms with Crippen LogP contribution in [0.25, 0.3) is 10.9 Å². The second kappa shape index (κ2) is 9.66. The van der Waals surface area contributed by atoms with Crippen LogP contribution in [-0.4, -0.2) is 4.98 Å². The van der Waals surface area contributed by atoms with Gasteiger partial charge in [-0.1, -0.05) is 0 Å². The molecule has 0 amide bonds. The van der Waals surface area contributed by atoms with Crippen LogP contribution < -0.4 is 15.9 Å². The maximum absolute atomic E-state index is 4.59. The molecule has 0 saturated carbocycles. The molecule has 32 heavy (non-hydrogen) atoms. The van der Waals surface area contributed by atoms with Crippen molar-refractivity contribution >= 4 is 32.0 Å². The molecule has 0 unspecified atom stereocenters. The van der Waals surface area contributed by atoms with E-state index in [9.17, 15) is 0 Å². The Hall–Kier alpha value is -2.98. The predicted octanol–water partition coefficient (Wildman–Crippen LogP) is 5.27. The third kappa shape index (κ3) is 4.07. The Morgan fingerprint density at radius 2 is 1.09 bits per heavy atom. The zero-order valence-electron chi connectivity index (χ0n) is 17.4. The zero-order chi connectivity index (χ0) is 21.6. The van der Waals surface area contributed by atoms with E-state index in [1.165, 1.54) is 15.9 Å². The number of aromatic nitrogens is 1. The third-order valence-electron chi connectivity index (χ3n) is 5.40. The third-order valence-corrected chi connectivity index (χ3v) is 18.1. The van der Waals surface area contributed by atoms with Crippen molar-refractivity contribution in [2.45, 2.75) is 0 Å². The minimum atomic E-state index is -2.24. The van der Waals surface area contributed by atoms with Crippen LogP contribution in [0.4, 0.5) is 0 Å². The Morgan fingerprint density at radius 1 is 0.562 bits per heavy atom. The molecule has 1 nitrogen and oxygen atoms in total. The SMILES string of the molecule is [C](#Cc1cccc2cccnc12)[Au][PH](c1ccccc1)(c1ccccc1)c1ccccc1. The monoisotopic (exact) mass is 612 g/mol. The van der Waals surface area contributed by atoms with Crippen LogP contribution in [0.1, 0.15) is 5.56 Å². The molecule has 0 radical (unpaired) electrons. The first kappa shape index (κ1) is 20.9. The Bertz CT molecular complexity index is 1290. The Kier molecular flexibility index (Phi) is 6.31. The number of pyridine rings is 1. The van der Waals surface area contributed by atoms with E-state index in [2.05, 4.69) is 130 Å². The van der Waals surface area contributed by atoms with E-state index in [-0.39, 0.29) is 19.2 Å². The van der Waals surface area contributed by atoms with Gasteiger partial charge in [-0.05, 0) is 0 Å². The van der Waals surface area contributed by atoms with Crippen molar-refractivity contribution in [3.8, 4) is 10.1 Å². The second-order valence-corrected chi connectivity index (χ2v) is 17.5. The van der Waals surface area contributed by atoms with Crippen LogP contribution >= 0.6 is 5.15 Å². The molecule has 0 fully saturated rings. The molecular formula is C29H22AuNP. The maximum atomic E-state index is 4.59. The van der Waals surface area contributed by atoms with Gasteiger partial charge in [-0.2, -0.15) is 0 Å². The quantitative estimate of drug-likeness (QED) is 0.153. The number of para-hydroxylation sites is 1.